The molecule has 76 valence electrons. The Kier molecular flexibility index (Phi) is 2.05. The van der Waals surface area contributed by atoms with E-state index >= 15 is 0 Å². The van der Waals surface area contributed by atoms with E-state index in [1.54, 1.807) is 0 Å². The molecule has 0 bridgehead atoms. The first kappa shape index (κ1) is 9.26. The monoisotopic (exact) mass is 206 g/mol. The molecule has 0 N–H and O–H groups in total. The fourth-order valence-corrected chi connectivity index (χ4v) is 2.22. The summed E-state index contributed by atoms with van der Waals surface area (Å²) in [5.41, 5.74) is 4.62. The number of aryl methyl sites for hydroxylation is 1. The summed E-state index contributed by atoms with van der Waals surface area (Å²) in [6.07, 6.45) is 10.3. The summed E-state index contributed by atoms with van der Waals surface area (Å²) in [6, 6.07) is 8.31. The molecule has 1 aromatic heterocycles. The van der Waals surface area contributed by atoms with Gasteiger partial charge in [-0.1, -0.05) is 19.1 Å². The van der Waals surface area contributed by atoms with Gasteiger partial charge in [0.05, 0.1) is 17.2 Å². The molecule has 0 radical (unpaired) electrons. The molecule has 1 aliphatic carbocycles. The summed E-state index contributed by atoms with van der Waals surface area (Å²) in [4.78, 5) is 4.66. The van der Waals surface area contributed by atoms with Crippen LogP contribution in [0.25, 0.3) is 17.0 Å². The lowest BCUT2D eigenvalue weighted by Crippen LogP contribution is -1.99. The van der Waals surface area contributed by atoms with E-state index < -0.39 is 0 Å². The summed E-state index contributed by atoms with van der Waals surface area (Å²) < 4.78 is 0. The van der Waals surface area contributed by atoms with Crippen molar-refractivity contribution in [3.05, 3.63) is 59.3 Å². The van der Waals surface area contributed by atoms with Crippen LogP contribution in [0.5, 0.6) is 0 Å². The Morgan fingerprint density at radius 1 is 1.25 bits per heavy atom. The topological polar surface area (TPSA) is 12.9 Å². The SMILES string of the molecule is CCc1c2c(nc3ccccc13)C=CC=[C+]2. The quantitative estimate of drug-likeness (QED) is 0.650. The lowest BCUT2D eigenvalue weighted by molar-refractivity contribution is 1.12. The first-order valence-corrected chi connectivity index (χ1v) is 5.58. The number of pyridine rings is 1. The van der Waals surface area contributed by atoms with E-state index in [0.717, 1.165) is 23.2 Å². The molecule has 0 aliphatic heterocycles. The van der Waals surface area contributed by atoms with Crippen molar-refractivity contribution in [1.29, 1.82) is 0 Å². The molecule has 0 saturated heterocycles. The first-order valence-electron chi connectivity index (χ1n) is 5.58. The predicted molar refractivity (Wildman–Crippen MR) is 67.1 cm³/mol. The molecule has 1 nitrogen and oxygen atoms in total. The van der Waals surface area contributed by atoms with E-state index in [-0.39, 0.29) is 0 Å². The van der Waals surface area contributed by atoms with Crippen molar-refractivity contribution >= 4 is 17.0 Å². The van der Waals surface area contributed by atoms with Crippen LogP contribution in [0.3, 0.4) is 0 Å². The molecule has 0 spiro atoms. The van der Waals surface area contributed by atoms with Gasteiger partial charge in [-0.25, -0.2) is 0 Å². The van der Waals surface area contributed by atoms with Crippen LogP contribution in [-0.2, 0) is 6.42 Å². The van der Waals surface area contributed by atoms with Crippen LogP contribution in [0.15, 0.2) is 36.4 Å². The Balaban J connectivity index is 2.45. The van der Waals surface area contributed by atoms with Crippen LogP contribution in [0.4, 0.5) is 0 Å². The van der Waals surface area contributed by atoms with Crippen molar-refractivity contribution in [3.8, 4) is 0 Å². The van der Waals surface area contributed by atoms with Crippen LogP contribution in [-0.4, -0.2) is 4.98 Å². The molecule has 1 heterocycles. The molecule has 0 atom stereocenters. The van der Waals surface area contributed by atoms with Gasteiger partial charge in [0.1, 0.15) is 0 Å². The van der Waals surface area contributed by atoms with Gasteiger partial charge in [-0.15, -0.1) is 0 Å². The highest BCUT2D eigenvalue weighted by Gasteiger charge is 2.19. The zero-order chi connectivity index (χ0) is 11.0. The molecular formula is C15H12N+. The fourth-order valence-electron chi connectivity index (χ4n) is 2.22. The Morgan fingerprint density at radius 3 is 3.00 bits per heavy atom. The van der Waals surface area contributed by atoms with Gasteiger partial charge in [0.2, 0.25) is 0 Å². The highest BCUT2D eigenvalue weighted by atomic mass is 14.7. The second-order valence-electron chi connectivity index (χ2n) is 3.89. The normalized spacial score (nSPS) is 12.6. The van der Waals surface area contributed by atoms with Gasteiger partial charge in [-0.3, -0.25) is 0 Å². The average molecular weight is 206 g/mol. The van der Waals surface area contributed by atoms with Gasteiger partial charge in [0, 0.05) is 30.0 Å². The Morgan fingerprint density at radius 2 is 2.12 bits per heavy atom. The maximum Gasteiger partial charge on any atom is 0.177 e. The Labute approximate surface area is 95.1 Å². The third-order valence-corrected chi connectivity index (χ3v) is 2.96. The third-order valence-electron chi connectivity index (χ3n) is 2.96. The molecule has 0 saturated carbocycles. The second-order valence-corrected chi connectivity index (χ2v) is 3.89. The molecule has 2 aromatic rings. The molecule has 1 heteroatoms. The summed E-state index contributed by atoms with van der Waals surface area (Å²) in [5.74, 6) is 0. The van der Waals surface area contributed by atoms with E-state index in [9.17, 15) is 0 Å². The van der Waals surface area contributed by atoms with Gasteiger partial charge < -0.3 is 0 Å². The van der Waals surface area contributed by atoms with Gasteiger partial charge >= 0.3 is 0 Å². The number of para-hydroxylation sites is 1. The van der Waals surface area contributed by atoms with Crippen molar-refractivity contribution in [1.82, 2.24) is 4.98 Å². The predicted octanol–water partition coefficient (Wildman–Crippen LogP) is 3.53. The minimum atomic E-state index is 1.01. The van der Waals surface area contributed by atoms with Crippen molar-refractivity contribution in [2.75, 3.05) is 0 Å². The van der Waals surface area contributed by atoms with Crippen LogP contribution in [0.2, 0.25) is 0 Å². The standard InChI is InChI=1S/C15H12N/c1-2-11-12-7-3-5-9-14(12)16-15-10-6-4-8-13(11)15/h3-7,9-10H,2H2,1H3/q+1. The second kappa shape index (κ2) is 3.55. The smallest absolute Gasteiger partial charge is 0.177 e. The minimum absolute atomic E-state index is 1.01. The van der Waals surface area contributed by atoms with Crippen LogP contribution < -0.4 is 0 Å². The van der Waals surface area contributed by atoms with E-state index in [2.05, 4.69) is 42.3 Å². The van der Waals surface area contributed by atoms with Crippen LogP contribution in [0, 0.1) is 6.08 Å². The van der Waals surface area contributed by atoms with E-state index in [1.165, 1.54) is 10.9 Å². The number of benzene rings is 1. The molecule has 1 aromatic carbocycles. The van der Waals surface area contributed by atoms with E-state index in [4.69, 9.17) is 0 Å². The lowest BCUT2D eigenvalue weighted by Gasteiger charge is -2.05. The third kappa shape index (κ3) is 1.26. The van der Waals surface area contributed by atoms with Gasteiger partial charge in [0.15, 0.2) is 11.3 Å². The summed E-state index contributed by atoms with van der Waals surface area (Å²) in [6.45, 7) is 2.18. The molecule has 1 aliphatic rings. The molecule has 0 amide bonds. The van der Waals surface area contributed by atoms with Crippen LogP contribution >= 0.6 is 0 Å². The number of aromatic nitrogens is 1. The van der Waals surface area contributed by atoms with Gasteiger partial charge in [-0.2, -0.15) is 4.98 Å². The first-order chi connectivity index (χ1) is 7.90. The number of allylic oxidation sites excluding steroid dienone is 2. The van der Waals surface area contributed by atoms with E-state index in [0.29, 0.717) is 0 Å². The number of fused-ring (bicyclic) bond motifs is 2. The number of nitrogens with zero attached hydrogens (tertiary/aromatic N) is 1. The highest BCUT2D eigenvalue weighted by Crippen LogP contribution is 2.26. The average Bonchev–Trinajstić information content (AvgIpc) is 2.36. The Hall–Kier alpha value is -1.98. The molecule has 3 rings (SSSR count). The lowest BCUT2D eigenvalue weighted by atomic mass is 9.96. The Bertz CT molecular complexity index is 606. The summed E-state index contributed by atoms with van der Waals surface area (Å²) in [5, 5.41) is 1.25. The summed E-state index contributed by atoms with van der Waals surface area (Å²) in [7, 11) is 0. The van der Waals surface area contributed by atoms with Gasteiger partial charge in [-0.05, 0) is 12.1 Å². The van der Waals surface area contributed by atoms with Gasteiger partial charge in [0.25, 0.3) is 0 Å². The van der Waals surface area contributed by atoms with Crippen molar-refractivity contribution in [3.63, 3.8) is 0 Å². The number of rotatable bonds is 1. The number of hydrogen-bond acceptors (Lipinski definition) is 1. The van der Waals surface area contributed by atoms with Crippen molar-refractivity contribution in [2.24, 2.45) is 0 Å². The maximum atomic E-state index is 4.66. The largest absolute Gasteiger partial charge is 0.196 e. The fraction of sp³-hybridized carbons (Fsp3) is 0.133. The molecule has 0 unspecified atom stereocenters. The highest BCUT2D eigenvalue weighted by molar-refractivity contribution is 5.86. The van der Waals surface area contributed by atoms with E-state index in [1.807, 2.05) is 18.2 Å². The molecular weight excluding hydrogens is 194 g/mol. The summed E-state index contributed by atoms with van der Waals surface area (Å²) >= 11 is 0. The maximum absolute atomic E-state index is 4.66. The molecule has 0 fully saturated rings. The number of hydrogen-bond donors (Lipinski definition) is 0. The van der Waals surface area contributed by atoms with Crippen LogP contribution in [0.1, 0.15) is 23.7 Å². The van der Waals surface area contributed by atoms with Crippen molar-refractivity contribution < 1.29 is 0 Å². The van der Waals surface area contributed by atoms with Crippen molar-refractivity contribution in [2.45, 2.75) is 13.3 Å². The molecule has 16 heavy (non-hydrogen) atoms. The minimum Gasteiger partial charge on any atom is -0.196 e. The zero-order valence-corrected chi connectivity index (χ0v) is 9.20. The zero-order valence-electron chi connectivity index (χ0n) is 9.20.